The summed E-state index contributed by atoms with van der Waals surface area (Å²) in [7, 11) is 0. The van der Waals surface area contributed by atoms with Gasteiger partial charge in [0.05, 0.1) is 10.7 Å². The van der Waals surface area contributed by atoms with E-state index in [0.29, 0.717) is 0 Å². The lowest BCUT2D eigenvalue weighted by molar-refractivity contribution is 0.642. The van der Waals surface area contributed by atoms with Crippen LogP contribution in [0.15, 0.2) is 29.6 Å². The summed E-state index contributed by atoms with van der Waals surface area (Å²) in [6.45, 7) is 4.12. The molecule has 1 aliphatic rings. The highest BCUT2D eigenvalue weighted by atomic mass is 35.5. The predicted molar refractivity (Wildman–Crippen MR) is 92.5 cm³/mol. The average Bonchev–Trinajstić information content (AvgIpc) is 2.94. The number of hydrogen-bond acceptors (Lipinski definition) is 3. The molecule has 1 aromatic carbocycles. The Morgan fingerprint density at radius 1 is 1.38 bits per heavy atom. The molecule has 21 heavy (non-hydrogen) atoms. The van der Waals surface area contributed by atoms with Crippen molar-refractivity contribution < 1.29 is 0 Å². The molecule has 2 N–H and O–H groups in total. The zero-order chi connectivity index (χ0) is 14.8. The lowest BCUT2D eigenvalue weighted by atomic mass is 10.0. The molecule has 0 aliphatic carbocycles. The zero-order valence-electron chi connectivity index (χ0n) is 12.3. The van der Waals surface area contributed by atoms with E-state index in [1.807, 2.05) is 23.5 Å². The Labute approximate surface area is 135 Å². The Bertz CT molecular complexity index is 623. The van der Waals surface area contributed by atoms with Crippen molar-refractivity contribution in [1.82, 2.24) is 0 Å². The van der Waals surface area contributed by atoms with Crippen molar-refractivity contribution in [3.8, 4) is 0 Å². The van der Waals surface area contributed by atoms with Crippen LogP contribution in [0.2, 0.25) is 5.02 Å². The van der Waals surface area contributed by atoms with Crippen molar-refractivity contribution in [3.63, 3.8) is 0 Å². The number of para-hydroxylation sites is 1. The van der Waals surface area contributed by atoms with E-state index in [0.717, 1.165) is 37.4 Å². The van der Waals surface area contributed by atoms with Gasteiger partial charge in [-0.2, -0.15) is 0 Å². The minimum absolute atomic E-state index is 0.198. The van der Waals surface area contributed by atoms with Crippen LogP contribution in [-0.2, 0) is 19.4 Å². The van der Waals surface area contributed by atoms with Crippen molar-refractivity contribution in [3.05, 3.63) is 50.7 Å². The number of benzene rings is 1. The van der Waals surface area contributed by atoms with Crippen LogP contribution in [0.3, 0.4) is 0 Å². The SMILES string of the molecule is CCC(N)Cc1cccc(Cl)c1N1CCc2sccc2C1. The van der Waals surface area contributed by atoms with E-state index in [1.165, 1.54) is 21.7 Å². The first-order valence-corrected chi connectivity index (χ1v) is 8.78. The molecule has 1 aromatic heterocycles. The second-order valence-corrected chi connectivity index (χ2v) is 7.07. The molecule has 0 saturated heterocycles. The molecule has 1 aliphatic heterocycles. The maximum absolute atomic E-state index is 6.51. The van der Waals surface area contributed by atoms with Gasteiger partial charge in [0.15, 0.2) is 0 Å². The van der Waals surface area contributed by atoms with Crippen LogP contribution in [0.4, 0.5) is 5.69 Å². The van der Waals surface area contributed by atoms with E-state index in [4.69, 9.17) is 17.3 Å². The van der Waals surface area contributed by atoms with Crippen molar-refractivity contribution in [1.29, 1.82) is 0 Å². The molecular formula is C17H21ClN2S. The van der Waals surface area contributed by atoms with Gasteiger partial charge in [0.2, 0.25) is 0 Å². The molecule has 0 fully saturated rings. The number of rotatable bonds is 4. The normalized spacial score (nSPS) is 15.9. The maximum atomic E-state index is 6.51. The van der Waals surface area contributed by atoms with Crippen LogP contribution in [-0.4, -0.2) is 12.6 Å². The van der Waals surface area contributed by atoms with Crippen LogP contribution in [0.5, 0.6) is 0 Å². The Morgan fingerprint density at radius 3 is 3.05 bits per heavy atom. The molecule has 0 spiro atoms. The van der Waals surface area contributed by atoms with Crippen molar-refractivity contribution in [2.24, 2.45) is 5.73 Å². The van der Waals surface area contributed by atoms with Gasteiger partial charge in [-0.1, -0.05) is 30.7 Å². The first-order chi connectivity index (χ1) is 10.2. The minimum Gasteiger partial charge on any atom is -0.365 e. The third-order valence-corrected chi connectivity index (χ3v) is 5.53. The van der Waals surface area contributed by atoms with Crippen LogP contribution >= 0.6 is 22.9 Å². The third kappa shape index (κ3) is 3.10. The minimum atomic E-state index is 0.198. The standard InChI is InChI=1S/C17H21ClN2S/c1-2-14(19)10-12-4-3-5-15(18)17(12)20-8-6-16-13(11-20)7-9-21-16/h3-5,7,9,14H,2,6,8,10-11,19H2,1H3. The van der Waals surface area contributed by atoms with Crippen molar-refractivity contribution in [2.45, 2.75) is 38.8 Å². The van der Waals surface area contributed by atoms with E-state index in [1.54, 1.807) is 0 Å². The van der Waals surface area contributed by atoms with Crippen LogP contribution in [0.1, 0.15) is 29.3 Å². The third-order valence-electron chi connectivity index (χ3n) is 4.20. The highest BCUT2D eigenvalue weighted by Crippen LogP contribution is 2.35. The van der Waals surface area contributed by atoms with E-state index in [2.05, 4.69) is 29.3 Å². The van der Waals surface area contributed by atoms with Gasteiger partial charge in [-0.25, -0.2) is 0 Å². The first kappa shape index (κ1) is 14.9. The fourth-order valence-electron chi connectivity index (χ4n) is 2.94. The van der Waals surface area contributed by atoms with E-state index in [9.17, 15) is 0 Å². The van der Waals surface area contributed by atoms with E-state index < -0.39 is 0 Å². The summed E-state index contributed by atoms with van der Waals surface area (Å²) in [5.41, 5.74) is 10.0. The van der Waals surface area contributed by atoms with E-state index >= 15 is 0 Å². The van der Waals surface area contributed by atoms with Crippen LogP contribution in [0.25, 0.3) is 0 Å². The Hall–Kier alpha value is -1.03. The van der Waals surface area contributed by atoms with Gasteiger partial charge in [0.1, 0.15) is 0 Å². The molecule has 4 heteroatoms. The Morgan fingerprint density at radius 2 is 2.24 bits per heavy atom. The average molecular weight is 321 g/mol. The van der Waals surface area contributed by atoms with Crippen LogP contribution in [0, 0.1) is 0 Å². The fourth-order valence-corrected chi connectivity index (χ4v) is 4.15. The molecule has 0 amide bonds. The molecule has 1 atom stereocenters. The summed E-state index contributed by atoms with van der Waals surface area (Å²) in [4.78, 5) is 3.93. The summed E-state index contributed by atoms with van der Waals surface area (Å²) >= 11 is 8.38. The lowest BCUT2D eigenvalue weighted by Gasteiger charge is -2.32. The van der Waals surface area contributed by atoms with Gasteiger partial charge >= 0.3 is 0 Å². The second kappa shape index (κ2) is 6.39. The number of halogens is 1. The van der Waals surface area contributed by atoms with Crippen LogP contribution < -0.4 is 10.6 Å². The molecular weight excluding hydrogens is 300 g/mol. The smallest absolute Gasteiger partial charge is 0.0642 e. The Balaban J connectivity index is 1.91. The second-order valence-electron chi connectivity index (χ2n) is 5.66. The van der Waals surface area contributed by atoms with Gasteiger partial charge < -0.3 is 10.6 Å². The molecule has 0 saturated carbocycles. The zero-order valence-corrected chi connectivity index (χ0v) is 13.9. The molecule has 0 bridgehead atoms. The summed E-state index contributed by atoms with van der Waals surface area (Å²) in [5.74, 6) is 0. The highest BCUT2D eigenvalue weighted by molar-refractivity contribution is 7.10. The molecule has 3 rings (SSSR count). The van der Waals surface area contributed by atoms with Gasteiger partial charge in [0, 0.05) is 24.0 Å². The lowest BCUT2D eigenvalue weighted by Crippen LogP contribution is -2.31. The van der Waals surface area contributed by atoms with Crippen molar-refractivity contribution in [2.75, 3.05) is 11.4 Å². The summed E-state index contributed by atoms with van der Waals surface area (Å²) in [6.07, 6.45) is 2.98. The summed E-state index contributed by atoms with van der Waals surface area (Å²) in [5, 5.41) is 3.03. The molecule has 112 valence electrons. The number of fused-ring (bicyclic) bond motifs is 1. The number of hydrogen-bond donors (Lipinski definition) is 1. The monoisotopic (exact) mass is 320 g/mol. The van der Waals surface area contributed by atoms with Gasteiger partial charge in [-0.3, -0.25) is 0 Å². The number of thiophene rings is 1. The number of nitrogens with two attached hydrogens (primary N) is 1. The Kier molecular flexibility index (Phi) is 4.53. The summed E-state index contributed by atoms with van der Waals surface area (Å²) < 4.78 is 0. The summed E-state index contributed by atoms with van der Waals surface area (Å²) in [6, 6.07) is 8.62. The predicted octanol–water partition coefficient (Wildman–Crippen LogP) is 4.24. The molecule has 2 aromatic rings. The maximum Gasteiger partial charge on any atom is 0.0642 e. The van der Waals surface area contributed by atoms with Gasteiger partial charge in [-0.05, 0) is 47.9 Å². The first-order valence-electron chi connectivity index (χ1n) is 7.52. The van der Waals surface area contributed by atoms with E-state index in [-0.39, 0.29) is 6.04 Å². The molecule has 2 nitrogen and oxygen atoms in total. The van der Waals surface area contributed by atoms with Crippen molar-refractivity contribution >= 4 is 28.6 Å². The highest BCUT2D eigenvalue weighted by Gasteiger charge is 2.22. The van der Waals surface area contributed by atoms with Gasteiger partial charge in [-0.15, -0.1) is 11.3 Å². The molecule has 1 unspecified atom stereocenters. The molecule has 0 radical (unpaired) electrons. The van der Waals surface area contributed by atoms with Gasteiger partial charge in [0.25, 0.3) is 0 Å². The fraction of sp³-hybridized carbons (Fsp3) is 0.412. The number of anilines is 1. The quantitative estimate of drug-likeness (QED) is 0.912. The topological polar surface area (TPSA) is 29.3 Å². The number of nitrogens with zero attached hydrogens (tertiary/aromatic N) is 1. The molecule has 2 heterocycles. The largest absolute Gasteiger partial charge is 0.365 e.